The maximum absolute atomic E-state index is 12.9. The molecule has 1 aromatic heterocycles. The van der Waals surface area contributed by atoms with E-state index in [0.717, 1.165) is 6.07 Å². The van der Waals surface area contributed by atoms with Gasteiger partial charge in [0.05, 0.1) is 5.69 Å². The number of benzene rings is 1. The maximum atomic E-state index is 12.9. The van der Waals surface area contributed by atoms with Crippen molar-refractivity contribution in [3.8, 4) is 0 Å². The number of aryl methyl sites for hydroxylation is 1. The molecular formula is C12H11FN2O3. The molecule has 0 aliphatic rings. The Morgan fingerprint density at radius 1 is 1.44 bits per heavy atom. The van der Waals surface area contributed by atoms with E-state index in [0.29, 0.717) is 5.69 Å². The standard InChI is InChI=1S/C12H11FN2O3/c1-7-10(12(17)18-15(7)2)11(16)14-9-5-3-4-8(13)6-9/h3-6H,1-2H3,(H,14,16). The van der Waals surface area contributed by atoms with Gasteiger partial charge in [-0.25, -0.2) is 13.9 Å². The smallest absolute Gasteiger partial charge is 0.336 e. The number of carbonyl (C=O) groups is 1. The topological polar surface area (TPSA) is 64.2 Å². The van der Waals surface area contributed by atoms with Gasteiger partial charge in [0, 0.05) is 12.7 Å². The van der Waals surface area contributed by atoms with Crippen molar-refractivity contribution in [3.63, 3.8) is 0 Å². The molecular weight excluding hydrogens is 239 g/mol. The van der Waals surface area contributed by atoms with Crippen LogP contribution in [0.25, 0.3) is 0 Å². The van der Waals surface area contributed by atoms with Gasteiger partial charge in [-0.3, -0.25) is 4.79 Å². The van der Waals surface area contributed by atoms with Crippen LogP contribution in [-0.2, 0) is 7.05 Å². The van der Waals surface area contributed by atoms with Crippen molar-refractivity contribution < 1.29 is 13.7 Å². The number of hydrogen-bond donors (Lipinski definition) is 1. The van der Waals surface area contributed by atoms with Gasteiger partial charge >= 0.3 is 5.63 Å². The Bertz CT molecular complexity index is 658. The van der Waals surface area contributed by atoms with Gasteiger partial charge in [-0.1, -0.05) is 6.07 Å². The number of anilines is 1. The van der Waals surface area contributed by atoms with E-state index in [2.05, 4.69) is 5.32 Å². The number of carbonyl (C=O) groups excluding carboxylic acids is 1. The third kappa shape index (κ3) is 2.17. The highest BCUT2D eigenvalue weighted by Crippen LogP contribution is 2.11. The summed E-state index contributed by atoms with van der Waals surface area (Å²) in [6.45, 7) is 1.59. The van der Waals surface area contributed by atoms with Crippen molar-refractivity contribution in [1.29, 1.82) is 0 Å². The number of nitrogens with zero attached hydrogens (tertiary/aromatic N) is 1. The SMILES string of the molecule is Cc1c(C(=O)Nc2cccc(F)c2)c(=O)on1C. The third-order valence-electron chi connectivity index (χ3n) is 2.57. The average molecular weight is 250 g/mol. The van der Waals surface area contributed by atoms with Crippen molar-refractivity contribution in [2.75, 3.05) is 5.32 Å². The van der Waals surface area contributed by atoms with Gasteiger partial charge < -0.3 is 9.84 Å². The maximum Gasteiger partial charge on any atom is 0.370 e. The molecule has 0 atom stereocenters. The fraction of sp³-hybridized carbons (Fsp3) is 0.167. The monoisotopic (exact) mass is 250 g/mol. The van der Waals surface area contributed by atoms with Crippen molar-refractivity contribution in [2.45, 2.75) is 6.92 Å². The molecule has 2 aromatic rings. The normalized spacial score (nSPS) is 10.4. The minimum absolute atomic E-state index is 0.0817. The zero-order valence-electron chi connectivity index (χ0n) is 9.86. The Labute approximate surface area is 102 Å². The van der Waals surface area contributed by atoms with Gasteiger partial charge in [-0.05, 0) is 25.1 Å². The van der Waals surface area contributed by atoms with E-state index >= 15 is 0 Å². The van der Waals surface area contributed by atoms with E-state index in [1.54, 1.807) is 6.92 Å². The van der Waals surface area contributed by atoms with E-state index in [1.807, 2.05) is 0 Å². The molecule has 0 spiro atoms. The number of hydrogen-bond acceptors (Lipinski definition) is 3. The molecule has 1 heterocycles. The molecule has 1 aromatic carbocycles. The van der Waals surface area contributed by atoms with Crippen LogP contribution in [0.2, 0.25) is 0 Å². The highest BCUT2D eigenvalue weighted by Gasteiger charge is 2.19. The predicted molar refractivity (Wildman–Crippen MR) is 63.0 cm³/mol. The van der Waals surface area contributed by atoms with Crippen LogP contribution in [0.4, 0.5) is 10.1 Å². The zero-order chi connectivity index (χ0) is 13.3. The largest absolute Gasteiger partial charge is 0.370 e. The van der Waals surface area contributed by atoms with Gasteiger partial charge in [-0.2, -0.15) is 0 Å². The molecule has 0 aliphatic carbocycles. The van der Waals surface area contributed by atoms with Gasteiger partial charge in [0.1, 0.15) is 11.4 Å². The minimum Gasteiger partial charge on any atom is -0.336 e. The summed E-state index contributed by atoms with van der Waals surface area (Å²) in [5.41, 5.74) is -0.109. The molecule has 0 saturated heterocycles. The lowest BCUT2D eigenvalue weighted by Gasteiger charge is -2.03. The first-order valence-electron chi connectivity index (χ1n) is 5.23. The molecule has 2 rings (SSSR count). The summed E-state index contributed by atoms with van der Waals surface area (Å²) in [5.74, 6) is -1.09. The fourth-order valence-electron chi connectivity index (χ4n) is 1.56. The molecule has 1 N–H and O–H groups in total. The molecule has 6 heteroatoms. The summed E-state index contributed by atoms with van der Waals surface area (Å²) in [5, 5.41) is 2.44. The van der Waals surface area contributed by atoms with Gasteiger partial charge in [-0.15, -0.1) is 0 Å². The van der Waals surface area contributed by atoms with E-state index in [4.69, 9.17) is 4.52 Å². The Hall–Kier alpha value is -2.37. The Balaban J connectivity index is 2.30. The summed E-state index contributed by atoms with van der Waals surface area (Å²) in [7, 11) is 1.52. The van der Waals surface area contributed by atoms with Crippen molar-refractivity contribution in [2.24, 2.45) is 7.05 Å². The zero-order valence-corrected chi connectivity index (χ0v) is 9.86. The van der Waals surface area contributed by atoms with E-state index in [-0.39, 0.29) is 11.3 Å². The number of amides is 1. The fourth-order valence-corrected chi connectivity index (χ4v) is 1.56. The molecule has 0 radical (unpaired) electrons. The molecule has 0 fully saturated rings. The Morgan fingerprint density at radius 2 is 2.17 bits per heavy atom. The number of aromatic nitrogens is 1. The molecule has 0 bridgehead atoms. The van der Waals surface area contributed by atoms with Gasteiger partial charge in [0.25, 0.3) is 5.91 Å². The first kappa shape index (κ1) is 12.1. The second-order valence-corrected chi connectivity index (χ2v) is 3.80. The lowest BCUT2D eigenvalue weighted by Crippen LogP contribution is -2.19. The first-order valence-corrected chi connectivity index (χ1v) is 5.23. The summed E-state index contributed by atoms with van der Waals surface area (Å²) >= 11 is 0. The van der Waals surface area contributed by atoms with Crippen molar-refractivity contribution in [3.05, 3.63) is 51.8 Å². The summed E-state index contributed by atoms with van der Waals surface area (Å²) in [6, 6.07) is 5.42. The van der Waals surface area contributed by atoms with Crippen LogP contribution < -0.4 is 10.9 Å². The average Bonchev–Trinajstić information content (AvgIpc) is 2.53. The first-order chi connectivity index (χ1) is 8.49. The van der Waals surface area contributed by atoms with Gasteiger partial charge in [0.15, 0.2) is 0 Å². The Morgan fingerprint density at radius 3 is 2.72 bits per heavy atom. The van der Waals surface area contributed by atoms with Crippen molar-refractivity contribution >= 4 is 11.6 Å². The molecule has 94 valence electrons. The third-order valence-corrected chi connectivity index (χ3v) is 2.57. The quantitative estimate of drug-likeness (QED) is 0.881. The lowest BCUT2D eigenvalue weighted by atomic mass is 10.2. The second kappa shape index (κ2) is 4.48. The van der Waals surface area contributed by atoms with Crippen molar-refractivity contribution in [1.82, 2.24) is 4.74 Å². The van der Waals surface area contributed by atoms with Crippen LogP contribution >= 0.6 is 0 Å². The summed E-state index contributed by atoms with van der Waals surface area (Å²) in [4.78, 5) is 23.3. The molecule has 18 heavy (non-hydrogen) atoms. The van der Waals surface area contributed by atoms with Crippen LogP contribution in [0.5, 0.6) is 0 Å². The highest BCUT2D eigenvalue weighted by atomic mass is 19.1. The Kier molecular flexibility index (Phi) is 3.01. The molecule has 0 aliphatic heterocycles. The van der Waals surface area contributed by atoms with Crippen LogP contribution in [0, 0.1) is 12.7 Å². The molecule has 0 unspecified atom stereocenters. The molecule has 0 saturated carbocycles. The van der Waals surface area contributed by atoms with E-state index in [1.165, 1.54) is 30.0 Å². The summed E-state index contributed by atoms with van der Waals surface area (Å²) < 4.78 is 18.9. The van der Waals surface area contributed by atoms with Crippen LogP contribution in [-0.4, -0.2) is 10.6 Å². The predicted octanol–water partition coefficient (Wildman–Crippen LogP) is 1.68. The lowest BCUT2D eigenvalue weighted by molar-refractivity contribution is 0.102. The highest BCUT2D eigenvalue weighted by molar-refractivity contribution is 6.04. The molecule has 1 amide bonds. The van der Waals surface area contributed by atoms with E-state index < -0.39 is 17.3 Å². The van der Waals surface area contributed by atoms with Crippen LogP contribution in [0.15, 0.2) is 33.6 Å². The number of nitrogens with one attached hydrogen (secondary N) is 1. The van der Waals surface area contributed by atoms with E-state index in [9.17, 15) is 14.0 Å². The van der Waals surface area contributed by atoms with Crippen LogP contribution in [0.1, 0.15) is 16.1 Å². The number of rotatable bonds is 2. The molecule has 5 nitrogen and oxygen atoms in total. The minimum atomic E-state index is -0.719. The number of halogens is 1. The van der Waals surface area contributed by atoms with Gasteiger partial charge in [0.2, 0.25) is 0 Å². The second-order valence-electron chi connectivity index (χ2n) is 3.80. The van der Waals surface area contributed by atoms with Crippen LogP contribution in [0.3, 0.4) is 0 Å². The summed E-state index contributed by atoms with van der Waals surface area (Å²) in [6.07, 6.45) is 0.